The van der Waals surface area contributed by atoms with Crippen molar-refractivity contribution in [2.75, 3.05) is 0 Å². The van der Waals surface area contributed by atoms with E-state index in [1.807, 2.05) is 0 Å². The van der Waals surface area contributed by atoms with Crippen LogP contribution in [0.25, 0.3) is 0 Å². The highest BCUT2D eigenvalue weighted by molar-refractivity contribution is 9.09. The fraction of sp³-hybridized carbons (Fsp3) is 0.900. The Morgan fingerprint density at radius 2 is 0.773 bits per heavy atom. The first kappa shape index (κ1) is 17.5. The van der Waals surface area contributed by atoms with E-state index in [1.165, 1.54) is 77.0 Å². The Labute approximate surface area is 154 Å². The largest absolute Gasteiger partial charge is 0.0891 e. The molecule has 0 aliphatic heterocycles. The molecule has 0 radical (unpaired) electrons. The molecule has 3 rings (SSSR count). The summed E-state index contributed by atoms with van der Waals surface area (Å²) in [5.41, 5.74) is 0. The van der Waals surface area contributed by atoms with Gasteiger partial charge in [0.05, 0.1) is 0 Å². The second-order valence-electron chi connectivity index (χ2n) is 8.08. The van der Waals surface area contributed by atoms with Crippen molar-refractivity contribution in [2.45, 2.75) is 86.7 Å². The average molecular weight is 432 g/mol. The highest BCUT2D eigenvalue weighted by Crippen LogP contribution is 2.41. The summed E-state index contributed by atoms with van der Waals surface area (Å²) in [6, 6.07) is 0. The van der Waals surface area contributed by atoms with Crippen LogP contribution in [0.1, 0.15) is 77.0 Å². The molecule has 22 heavy (non-hydrogen) atoms. The molecule has 3 fully saturated rings. The van der Waals surface area contributed by atoms with Gasteiger partial charge in [0.1, 0.15) is 0 Å². The Kier molecular flexibility index (Phi) is 6.93. The summed E-state index contributed by atoms with van der Waals surface area (Å²) in [4.78, 5) is 1.61. The molecule has 0 aromatic rings. The monoisotopic (exact) mass is 430 g/mol. The van der Waals surface area contributed by atoms with Crippen molar-refractivity contribution < 1.29 is 0 Å². The Morgan fingerprint density at radius 3 is 1.23 bits per heavy atom. The van der Waals surface area contributed by atoms with Crippen molar-refractivity contribution in [3.8, 4) is 0 Å². The SMILES string of the molecule is BrC1CCC(/C=C/C2CCC(C3CCC(Br)CC3)CC2)CC1. The maximum atomic E-state index is 3.80. The molecule has 0 amide bonds. The van der Waals surface area contributed by atoms with E-state index in [2.05, 4.69) is 44.0 Å². The van der Waals surface area contributed by atoms with Crippen molar-refractivity contribution in [1.82, 2.24) is 0 Å². The first-order valence-electron chi connectivity index (χ1n) is 9.67. The molecular weight excluding hydrogens is 400 g/mol. The molecule has 0 bridgehead atoms. The highest BCUT2D eigenvalue weighted by Gasteiger charge is 2.29. The minimum atomic E-state index is 0.794. The molecular formula is C20H32Br2. The van der Waals surface area contributed by atoms with Crippen LogP contribution in [0.15, 0.2) is 12.2 Å². The first-order valence-corrected chi connectivity index (χ1v) is 11.5. The molecule has 0 aromatic carbocycles. The lowest BCUT2D eigenvalue weighted by molar-refractivity contribution is 0.182. The van der Waals surface area contributed by atoms with E-state index >= 15 is 0 Å². The summed E-state index contributed by atoms with van der Waals surface area (Å²) in [5, 5.41) is 0. The third-order valence-electron chi connectivity index (χ3n) is 6.54. The van der Waals surface area contributed by atoms with Gasteiger partial charge in [0.2, 0.25) is 0 Å². The number of allylic oxidation sites excluding steroid dienone is 2. The molecule has 0 spiro atoms. The maximum absolute atomic E-state index is 3.80. The van der Waals surface area contributed by atoms with E-state index in [4.69, 9.17) is 0 Å². The smallest absolute Gasteiger partial charge is 0.0146 e. The standard InChI is InChI=1S/C20H32Br2/c21-19-11-5-16(6-12-19)2-1-15-3-7-17(8-4-15)18-9-13-20(22)14-10-18/h1-2,15-20H,3-14H2/b2-1+. The third-order valence-corrected chi connectivity index (χ3v) is 8.37. The van der Waals surface area contributed by atoms with Crippen LogP contribution >= 0.6 is 31.9 Å². The van der Waals surface area contributed by atoms with Crippen molar-refractivity contribution in [1.29, 1.82) is 0 Å². The fourth-order valence-electron chi connectivity index (χ4n) is 4.94. The second kappa shape index (κ2) is 8.70. The van der Waals surface area contributed by atoms with Gasteiger partial charge >= 0.3 is 0 Å². The molecule has 126 valence electrons. The van der Waals surface area contributed by atoms with Crippen molar-refractivity contribution in [3.05, 3.63) is 12.2 Å². The van der Waals surface area contributed by atoms with Gasteiger partial charge in [-0.15, -0.1) is 0 Å². The van der Waals surface area contributed by atoms with Crippen LogP contribution in [0.4, 0.5) is 0 Å². The summed E-state index contributed by atoms with van der Waals surface area (Å²) in [5.74, 6) is 3.87. The molecule has 0 aromatic heterocycles. The number of hydrogen-bond acceptors (Lipinski definition) is 0. The Hall–Kier alpha value is 0.700. The summed E-state index contributed by atoms with van der Waals surface area (Å²) in [6.45, 7) is 0. The van der Waals surface area contributed by atoms with E-state index < -0.39 is 0 Å². The highest BCUT2D eigenvalue weighted by atomic mass is 79.9. The lowest BCUT2D eigenvalue weighted by atomic mass is 9.71. The van der Waals surface area contributed by atoms with Crippen LogP contribution in [0.3, 0.4) is 0 Å². The van der Waals surface area contributed by atoms with Gasteiger partial charge in [0, 0.05) is 9.65 Å². The van der Waals surface area contributed by atoms with Crippen molar-refractivity contribution in [2.24, 2.45) is 23.7 Å². The van der Waals surface area contributed by atoms with Crippen LogP contribution in [0.5, 0.6) is 0 Å². The van der Waals surface area contributed by atoms with Crippen LogP contribution in [0.2, 0.25) is 0 Å². The van der Waals surface area contributed by atoms with Crippen LogP contribution in [0, 0.1) is 23.7 Å². The van der Waals surface area contributed by atoms with Crippen LogP contribution in [-0.4, -0.2) is 9.65 Å². The van der Waals surface area contributed by atoms with Gasteiger partial charge in [-0.05, 0) is 101 Å². The van der Waals surface area contributed by atoms with Crippen molar-refractivity contribution >= 4 is 31.9 Å². The topological polar surface area (TPSA) is 0 Å². The maximum Gasteiger partial charge on any atom is 0.0146 e. The van der Waals surface area contributed by atoms with E-state index in [-0.39, 0.29) is 0 Å². The molecule has 0 unspecified atom stereocenters. The van der Waals surface area contributed by atoms with E-state index in [1.54, 1.807) is 0 Å². The second-order valence-corrected chi connectivity index (χ2v) is 10.7. The quantitative estimate of drug-likeness (QED) is 0.325. The zero-order valence-electron chi connectivity index (χ0n) is 13.9. The van der Waals surface area contributed by atoms with Gasteiger partial charge in [-0.1, -0.05) is 44.0 Å². The molecule has 0 heterocycles. The zero-order chi connectivity index (χ0) is 15.4. The van der Waals surface area contributed by atoms with Gasteiger partial charge in [0.25, 0.3) is 0 Å². The van der Waals surface area contributed by atoms with E-state index in [0.29, 0.717) is 0 Å². The van der Waals surface area contributed by atoms with Gasteiger partial charge in [0.15, 0.2) is 0 Å². The first-order chi connectivity index (χ1) is 10.7. The van der Waals surface area contributed by atoms with Gasteiger partial charge in [-0.2, -0.15) is 0 Å². The van der Waals surface area contributed by atoms with Crippen LogP contribution < -0.4 is 0 Å². The Bertz CT molecular complexity index is 341. The van der Waals surface area contributed by atoms with E-state index in [9.17, 15) is 0 Å². The van der Waals surface area contributed by atoms with Gasteiger partial charge in [-0.25, -0.2) is 0 Å². The lowest BCUT2D eigenvalue weighted by Crippen LogP contribution is -2.25. The number of halogens is 2. The number of hydrogen-bond donors (Lipinski definition) is 0. The molecule has 2 heteroatoms. The summed E-state index contributed by atoms with van der Waals surface area (Å²) < 4.78 is 0. The van der Waals surface area contributed by atoms with E-state index in [0.717, 1.165) is 33.3 Å². The molecule has 0 N–H and O–H groups in total. The fourth-order valence-corrected chi connectivity index (χ4v) is 6.00. The molecule has 3 aliphatic carbocycles. The Balaban J connectivity index is 1.38. The molecule has 0 nitrogen and oxygen atoms in total. The summed E-state index contributed by atoms with van der Waals surface area (Å²) >= 11 is 7.56. The number of alkyl halides is 2. The minimum Gasteiger partial charge on any atom is -0.0891 e. The summed E-state index contributed by atoms with van der Waals surface area (Å²) in [6.07, 6.45) is 22.5. The molecule has 0 saturated heterocycles. The third kappa shape index (κ3) is 5.10. The minimum absolute atomic E-state index is 0.794. The summed E-state index contributed by atoms with van der Waals surface area (Å²) in [7, 11) is 0. The molecule has 0 atom stereocenters. The van der Waals surface area contributed by atoms with Gasteiger partial charge < -0.3 is 0 Å². The lowest BCUT2D eigenvalue weighted by Gasteiger charge is -2.36. The van der Waals surface area contributed by atoms with Gasteiger partial charge in [-0.3, -0.25) is 0 Å². The Morgan fingerprint density at radius 1 is 0.455 bits per heavy atom. The predicted molar refractivity (Wildman–Crippen MR) is 104 cm³/mol. The van der Waals surface area contributed by atoms with Crippen molar-refractivity contribution in [3.63, 3.8) is 0 Å². The number of rotatable bonds is 3. The molecule has 3 saturated carbocycles. The normalized spacial score (nSPS) is 44.3. The predicted octanol–water partition coefficient (Wildman–Crippen LogP) is 7.26. The molecule has 3 aliphatic rings. The average Bonchev–Trinajstić information content (AvgIpc) is 2.56. The van der Waals surface area contributed by atoms with Crippen LogP contribution in [-0.2, 0) is 0 Å². The zero-order valence-corrected chi connectivity index (χ0v) is 17.0.